The average Bonchev–Trinajstić information content (AvgIpc) is 2.38. The molecule has 0 bridgehead atoms. The molecule has 0 atom stereocenters. The first kappa shape index (κ1) is 12.4. The number of aromatic nitrogens is 1. The van der Waals surface area contributed by atoms with Gasteiger partial charge in [0.25, 0.3) is 0 Å². The van der Waals surface area contributed by atoms with Gasteiger partial charge >= 0.3 is 0 Å². The lowest BCUT2D eigenvalue weighted by molar-refractivity contribution is 0.242. The van der Waals surface area contributed by atoms with Crippen LogP contribution in [0.15, 0.2) is 48.8 Å². The molecule has 3 heteroatoms. The normalized spacial score (nSPS) is 10.4. The van der Waals surface area contributed by atoms with Crippen molar-refractivity contribution in [3.63, 3.8) is 0 Å². The number of ether oxygens (including phenoxy) is 1. The smallest absolute Gasteiger partial charge is 0.119 e. The number of anilines is 1. The van der Waals surface area contributed by atoms with Crippen molar-refractivity contribution in [2.24, 2.45) is 0 Å². The van der Waals surface area contributed by atoms with E-state index in [0.29, 0.717) is 0 Å². The molecule has 0 saturated heterocycles. The lowest BCUT2D eigenvalue weighted by Gasteiger charge is -2.11. The van der Waals surface area contributed by atoms with E-state index in [9.17, 15) is 0 Å². The minimum atomic E-state index is 0.209. The molecular weight excluding hydrogens is 224 g/mol. The van der Waals surface area contributed by atoms with Crippen LogP contribution in [0.4, 0.5) is 5.69 Å². The Morgan fingerprint density at radius 3 is 2.33 bits per heavy atom. The molecule has 0 saturated carbocycles. The molecule has 1 heterocycles. The summed E-state index contributed by atoms with van der Waals surface area (Å²) in [5.41, 5.74) is 2.30. The molecule has 1 aromatic heterocycles. The number of nitrogens with zero attached hydrogens (tertiary/aromatic N) is 1. The predicted molar refractivity (Wildman–Crippen MR) is 73.8 cm³/mol. The number of hydrogen-bond donors (Lipinski definition) is 1. The number of rotatable bonds is 5. The SMILES string of the molecule is CC(C)Oc1ccc(NCc2ccncc2)cc1. The van der Waals surface area contributed by atoms with Crippen LogP contribution < -0.4 is 10.1 Å². The van der Waals surface area contributed by atoms with E-state index in [-0.39, 0.29) is 6.10 Å². The van der Waals surface area contributed by atoms with Gasteiger partial charge in [0.15, 0.2) is 0 Å². The molecule has 0 radical (unpaired) electrons. The Hall–Kier alpha value is -2.03. The molecule has 0 amide bonds. The number of hydrogen-bond acceptors (Lipinski definition) is 3. The van der Waals surface area contributed by atoms with Gasteiger partial charge in [-0.1, -0.05) is 0 Å². The zero-order chi connectivity index (χ0) is 12.8. The van der Waals surface area contributed by atoms with E-state index in [0.717, 1.165) is 18.0 Å². The minimum absolute atomic E-state index is 0.209. The van der Waals surface area contributed by atoms with Crippen molar-refractivity contribution in [1.29, 1.82) is 0 Å². The Kier molecular flexibility index (Phi) is 4.18. The third-order valence-corrected chi connectivity index (χ3v) is 2.47. The summed E-state index contributed by atoms with van der Waals surface area (Å²) in [6, 6.07) is 12.0. The first-order valence-electron chi connectivity index (χ1n) is 6.13. The van der Waals surface area contributed by atoms with Gasteiger partial charge in [-0.15, -0.1) is 0 Å². The third kappa shape index (κ3) is 3.77. The Bertz CT molecular complexity index is 466. The number of benzene rings is 1. The molecule has 2 rings (SSSR count). The quantitative estimate of drug-likeness (QED) is 0.871. The van der Waals surface area contributed by atoms with Crippen LogP contribution in [0.3, 0.4) is 0 Å². The standard InChI is InChI=1S/C15H18N2O/c1-12(2)18-15-5-3-14(4-6-15)17-11-13-7-9-16-10-8-13/h3-10,12,17H,11H2,1-2H3. The maximum atomic E-state index is 5.60. The Morgan fingerprint density at radius 1 is 1.06 bits per heavy atom. The van der Waals surface area contributed by atoms with Gasteiger partial charge in [-0.3, -0.25) is 4.98 Å². The molecule has 18 heavy (non-hydrogen) atoms. The van der Waals surface area contributed by atoms with Crippen molar-refractivity contribution < 1.29 is 4.74 Å². The van der Waals surface area contributed by atoms with Crippen LogP contribution in [0.2, 0.25) is 0 Å². The van der Waals surface area contributed by atoms with Crippen LogP contribution in [0.25, 0.3) is 0 Å². The Labute approximate surface area is 108 Å². The van der Waals surface area contributed by atoms with E-state index >= 15 is 0 Å². The lowest BCUT2D eigenvalue weighted by Crippen LogP contribution is -2.05. The second-order valence-corrected chi connectivity index (χ2v) is 4.40. The summed E-state index contributed by atoms with van der Waals surface area (Å²) < 4.78 is 5.60. The number of nitrogens with one attached hydrogen (secondary N) is 1. The monoisotopic (exact) mass is 242 g/mol. The predicted octanol–water partition coefficient (Wildman–Crippen LogP) is 3.48. The summed E-state index contributed by atoms with van der Waals surface area (Å²) in [6.45, 7) is 4.85. The highest BCUT2D eigenvalue weighted by atomic mass is 16.5. The molecule has 0 unspecified atom stereocenters. The van der Waals surface area contributed by atoms with Crippen molar-refractivity contribution in [1.82, 2.24) is 4.98 Å². The van der Waals surface area contributed by atoms with Crippen LogP contribution in [0, 0.1) is 0 Å². The highest BCUT2D eigenvalue weighted by molar-refractivity contribution is 5.46. The lowest BCUT2D eigenvalue weighted by atomic mass is 10.2. The molecule has 0 aliphatic rings. The van der Waals surface area contributed by atoms with Gasteiger partial charge in [0.05, 0.1) is 6.10 Å². The van der Waals surface area contributed by atoms with Gasteiger partial charge < -0.3 is 10.1 Å². The highest BCUT2D eigenvalue weighted by Crippen LogP contribution is 2.17. The highest BCUT2D eigenvalue weighted by Gasteiger charge is 1.98. The fourth-order valence-electron chi connectivity index (χ4n) is 1.63. The van der Waals surface area contributed by atoms with Crippen molar-refractivity contribution in [2.45, 2.75) is 26.5 Å². The van der Waals surface area contributed by atoms with E-state index in [1.54, 1.807) is 12.4 Å². The number of pyridine rings is 1. The summed E-state index contributed by atoms with van der Waals surface area (Å²) in [6.07, 6.45) is 3.81. The fraction of sp³-hybridized carbons (Fsp3) is 0.267. The van der Waals surface area contributed by atoms with Crippen LogP contribution in [-0.4, -0.2) is 11.1 Å². The van der Waals surface area contributed by atoms with Crippen LogP contribution in [0.1, 0.15) is 19.4 Å². The summed E-state index contributed by atoms with van der Waals surface area (Å²) in [5.74, 6) is 0.902. The van der Waals surface area contributed by atoms with Gasteiger partial charge in [0.2, 0.25) is 0 Å². The zero-order valence-electron chi connectivity index (χ0n) is 10.8. The average molecular weight is 242 g/mol. The van der Waals surface area contributed by atoms with E-state index in [1.165, 1.54) is 5.56 Å². The maximum Gasteiger partial charge on any atom is 0.119 e. The van der Waals surface area contributed by atoms with E-state index < -0.39 is 0 Å². The van der Waals surface area contributed by atoms with E-state index in [2.05, 4.69) is 10.3 Å². The summed E-state index contributed by atoms with van der Waals surface area (Å²) in [7, 11) is 0. The summed E-state index contributed by atoms with van der Waals surface area (Å²) in [4.78, 5) is 4.00. The van der Waals surface area contributed by atoms with Gasteiger partial charge in [-0.2, -0.15) is 0 Å². The Balaban J connectivity index is 1.90. The molecule has 94 valence electrons. The van der Waals surface area contributed by atoms with Gasteiger partial charge in [-0.05, 0) is 55.8 Å². The molecule has 0 aliphatic carbocycles. The molecule has 0 aliphatic heterocycles. The van der Waals surface area contributed by atoms with Gasteiger partial charge in [0, 0.05) is 24.6 Å². The second kappa shape index (κ2) is 6.05. The molecule has 3 nitrogen and oxygen atoms in total. The maximum absolute atomic E-state index is 5.60. The van der Waals surface area contributed by atoms with Crippen molar-refractivity contribution in [3.05, 3.63) is 54.4 Å². The summed E-state index contributed by atoms with van der Waals surface area (Å²) >= 11 is 0. The largest absolute Gasteiger partial charge is 0.491 e. The Morgan fingerprint density at radius 2 is 1.72 bits per heavy atom. The van der Waals surface area contributed by atoms with Crippen LogP contribution in [-0.2, 0) is 6.54 Å². The van der Waals surface area contributed by atoms with E-state index in [4.69, 9.17) is 4.74 Å². The van der Waals surface area contributed by atoms with E-state index in [1.807, 2.05) is 50.2 Å². The third-order valence-electron chi connectivity index (χ3n) is 2.47. The first-order chi connectivity index (χ1) is 8.74. The topological polar surface area (TPSA) is 34.1 Å². The molecular formula is C15H18N2O. The van der Waals surface area contributed by atoms with Gasteiger partial charge in [0.1, 0.15) is 5.75 Å². The molecule has 1 aromatic carbocycles. The van der Waals surface area contributed by atoms with Crippen molar-refractivity contribution in [2.75, 3.05) is 5.32 Å². The summed E-state index contributed by atoms with van der Waals surface area (Å²) in [5, 5.41) is 3.36. The molecule has 1 N–H and O–H groups in total. The fourth-order valence-corrected chi connectivity index (χ4v) is 1.63. The van der Waals surface area contributed by atoms with Crippen LogP contribution >= 0.6 is 0 Å². The van der Waals surface area contributed by atoms with Crippen molar-refractivity contribution in [3.8, 4) is 5.75 Å². The molecule has 0 spiro atoms. The molecule has 0 fully saturated rings. The van der Waals surface area contributed by atoms with Crippen molar-refractivity contribution >= 4 is 5.69 Å². The zero-order valence-corrected chi connectivity index (χ0v) is 10.8. The minimum Gasteiger partial charge on any atom is -0.491 e. The molecule has 2 aromatic rings. The first-order valence-corrected chi connectivity index (χ1v) is 6.13. The van der Waals surface area contributed by atoms with Gasteiger partial charge in [-0.25, -0.2) is 0 Å². The van der Waals surface area contributed by atoms with Crippen LogP contribution in [0.5, 0.6) is 5.75 Å². The second-order valence-electron chi connectivity index (χ2n) is 4.40.